The summed E-state index contributed by atoms with van der Waals surface area (Å²) in [5.74, 6) is -0.320. The van der Waals surface area contributed by atoms with E-state index in [9.17, 15) is 13.2 Å². The van der Waals surface area contributed by atoms with E-state index in [1.165, 1.54) is 12.3 Å². The van der Waals surface area contributed by atoms with E-state index in [-0.39, 0.29) is 10.6 Å². The normalized spacial score (nSPS) is 11.4. The Morgan fingerprint density at radius 3 is 2.54 bits per heavy atom. The van der Waals surface area contributed by atoms with Crippen LogP contribution in [-0.2, 0) is 23.5 Å². The van der Waals surface area contributed by atoms with Gasteiger partial charge in [-0.2, -0.15) is 0 Å². The van der Waals surface area contributed by atoms with Crippen molar-refractivity contribution in [2.45, 2.75) is 24.7 Å². The van der Waals surface area contributed by atoms with Crippen LogP contribution in [0.4, 0.5) is 0 Å². The number of aryl methyl sites for hydroxylation is 2. The summed E-state index contributed by atoms with van der Waals surface area (Å²) in [6.45, 7) is 1.96. The summed E-state index contributed by atoms with van der Waals surface area (Å²) in [5, 5.41) is 0.490. The van der Waals surface area contributed by atoms with Crippen LogP contribution >= 0.6 is 11.6 Å². The lowest BCUT2D eigenvalue weighted by Crippen LogP contribution is -2.31. The molecule has 146 valence electrons. The Balaban J connectivity index is 1.90. The fourth-order valence-corrected chi connectivity index (χ4v) is 4.39. The van der Waals surface area contributed by atoms with Gasteiger partial charge in [0.15, 0.2) is 0 Å². The molecule has 2 aromatic carbocycles. The summed E-state index contributed by atoms with van der Waals surface area (Å²) in [4.78, 5) is 17.0. The molecule has 0 fully saturated rings. The van der Waals surface area contributed by atoms with Crippen LogP contribution in [0.1, 0.15) is 29.4 Å². The van der Waals surface area contributed by atoms with Gasteiger partial charge in [0.2, 0.25) is 0 Å². The Hall–Kier alpha value is -2.64. The molecule has 28 heavy (non-hydrogen) atoms. The molecule has 0 aliphatic carbocycles. The van der Waals surface area contributed by atoms with Gasteiger partial charge in [-0.25, -0.2) is 18.1 Å². The number of nitrogens with one attached hydrogen (secondary N) is 1. The number of halogens is 1. The van der Waals surface area contributed by atoms with Crippen molar-refractivity contribution in [2.24, 2.45) is 7.05 Å². The van der Waals surface area contributed by atoms with Gasteiger partial charge in [0.05, 0.1) is 9.92 Å². The second kappa shape index (κ2) is 8.16. The highest BCUT2D eigenvalue weighted by Crippen LogP contribution is 2.26. The first-order valence-electron chi connectivity index (χ1n) is 8.76. The fourth-order valence-electron chi connectivity index (χ4n) is 2.94. The smallest absolute Gasteiger partial charge is 0.285 e. The number of imidazole rings is 1. The zero-order valence-electron chi connectivity index (χ0n) is 15.5. The van der Waals surface area contributed by atoms with Crippen molar-refractivity contribution in [2.75, 3.05) is 0 Å². The molecule has 1 N–H and O–H groups in total. The second-order valence-corrected chi connectivity index (χ2v) is 8.39. The molecule has 8 heteroatoms. The van der Waals surface area contributed by atoms with Crippen molar-refractivity contribution >= 4 is 27.5 Å². The molecule has 1 heterocycles. The first kappa shape index (κ1) is 20.1. The number of carbonyl (C=O) groups excluding carboxylic acids is 1. The van der Waals surface area contributed by atoms with E-state index < -0.39 is 15.9 Å². The maximum Gasteiger partial charge on any atom is 0.285 e. The summed E-state index contributed by atoms with van der Waals surface area (Å²) in [7, 11) is -2.30. The molecule has 1 aromatic heterocycles. The zero-order valence-corrected chi connectivity index (χ0v) is 17.1. The molecule has 1 amide bonds. The number of benzene rings is 2. The van der Waals surface area contributed by atoms with Gasteiger partial charge < -0.3 is 4.57 Å². The van der Waals surface area contributed by atoms with Gasteiger partial charge in [-0.3, -0.25) is 4.79 Å². The molecule has 0 saturated heterocycles. The van der Waals surface area contributed by atoms with Gasteiger partial charge in [0.25, 0.3) is 15.9 Å². The highest BCUT2D eigenvalue weighted by Gasteiger charge is 2.23. The summed E-state index contributed by atoms with van der Waals surface area (Å²) in [6.07, 6.45) is 2.87. The van der Waals surface area contributed by atoms with Gasteiger partial charge in [-0.1, -0.05) is 55.3 Å². The minimum Gasteiger partial charge on any atom is -0.333 e. The summed E-state index contributed by atoms with van der Waals surface area (Å²) in [6, 6.07) is 13.8. The first-order chi connectivity index (χ1) is 13.3. The minimum absolute atomic E-state index is 0.00559. The molecule has 0 saturated carbocycles. The quantitative estimate of drug-likeness (QED) is 0.661. The number of sulfonamides is 1. The highest BCUT2D eigenvalue weighted by molar-refractivity contribution is 7.90. The van der Waals surface area contributed by atoms with Crippen LogP contribution in [-0.4, -0.2) is 23.9 Å². The van der Waals surface area contributed by atoms with Crippen LogP contribution < -0.4 is 4.72 Å². The molecular formula is C20H20ClN3O3S. The zero-order chi connectivity index (χ0) is 20.3. The summed E-state index contributed by atoms with van der Waals surface area (Å²) in [5.41, 5.74) is 1.32. The van der Waals surface area contributed by atoms with Crippen LogP contribution in [0.3, 0.4) is 0 Å². The molecule has 0 aliphatic rings. The van der Waals surface area contributed by atoms with E-state index in [1.807, 2.05) is 13.0 Å². The maximum atomic E-state index is 12.7. The molecule has 3 rings (SSSR count). The van der Waals surface area contributed by atoms with Crippen molar-refractivity contribution in [1.82, 2.24) is 14.3 Å². The second-order valence-electron chi connectivity index (χ2n) is 6.33. The predicted molar refractivity (Wildman–Crippen MR) is 109 cm³/mol. The van der Waals surface area contributed by atoms with Crippen LogP contribution in [0.25, 0.3) is 11.4 Å². The monoisotopic (exact) mass is 417 g/mol. The van der Waals surface area contributed by atoms with Crippen molar-refractivity contribution in [3.8, 4) is 11.4 Å². The Labute approximate surface area is 169 Å². The maximum absolute atomic E-state index is 12.7. The lowest BCUT2D eigenvalue weighted by molar-refractivity contribution is 0.0977. The standard InChI is InChI=1S/C20H20ClN3O3S/c1-3-8-14-9-4-7-12-18(14)28(26,27)23-20(25)17-13-24(2)19(22-17)15-10-5-6-11-16(15)21/h4-7,9-13H,3,8H2,1-2H3,(H,23,25). The number of hydrogen-bond acceptors (Lipinski definition) is 4. The lowest BCUT2D eigenvalue weighted by Gasteiger charge is -2.10. The number of hydrogen-bond donors (Lipinski definition) is 1. The largest absolute Gasteiger partial charge is 0.333 e. The van der Waals surface area contributed by atoms with Gasteiger partial charge in [0, 0.05) is 18.8 Å². The van der Waals surface area contributed by atoms with Gasteiger partial charge in [0.1, 0.15) is 11.5 Å². The topological polar surface area (TPSA) is 81.1 Å². The van der Waals surface area contributed by atoms with Crippen molar-refractivity contribution < 1.29 is 13.2 Å². The molecule has 6 nitrogen and oxygen atoms in total. The van der Waals surface area contributed by atoms with Crippen molar-refractivity contribution in [1.29, 1.82) is 0 Å². The van der Waals surface area contributed by atoms with Crippen LogP contribution in [0, 0.1) is 0 Å². The van der Waals surface area contributed by atoms with E-state index in [1.54, 1.807) is 48.0 Å². The molecular weight excluding hydrogens is 398 g/mol. The number of aromatic nitrogens is 2. The average molecular weight is 418 g/mol. The Morgan fingerprint density at radius 1 is 1.14 bits per heavy atom. The van der Waals surface area contributed by atoms with Gasteiger partial charge in [-0.15, -0.1) is 0 Å². The third-order valence-corrected chi connectivity index (χ3v) is 5.99. The van der Waals surface area contributed by atoms with E-state index in [0.29, 0.717) is 28.4 Å². The minimum atomic E-state index is -4.01. The molecule has 0 unspecified atom stereocenters. The van der Waals surface area contributed by atoms with Gasteiger partial charge >= 0.3 is 0 Å². The molecule has 0 spiro atoms. The van der Waals surface area contributed by atoms with E-state index in [2.05, 4.69) is 9.71 Å². The van der Waals surface area contributed by atoms with E-state index in [4.69, 9.17) is 11.6 Å². The molecule has 0 bridgehead atoms. The summed E-state index contributed by atoms with van der Waals surface area (Å²) < 4.78 is 29.2. The number of amides is 1. The Morgan fingerprint density at radius 2 is 1.82 bits per heavy atom. The third-order valence-electron chi connectivity index (χ3n) is 4.23. The van der Waals surface area contributed by atoms with Crippen LogP contribution in [0.15, 0.2) is 59.6 Å². The van der Waals surface area contributed by atoms with Crippen LogP contribution in [0.2, 0.25) is 5.02 Å². The fraction of sp³-hybridized carbons (Fsp3) is 0.200. The van der Waals surface area contributed by atoms with Crippen molar-refractivity contribution in [3.05, 3.63) is 71.0 Å². The highest BCUT2D eigenvalue weighted by atomic mass is 35.5. The van der Waals surface area contributed by atoms with E-state index in [0.717, 1.165) is 6.42 Å². The summed E-state index contributed by atoms with van der Waals surface area (Å²) >= 11 is 6.20. The number of nitrogens with zero attached hydrogens (tertiary/aromatic N) is 2. The average Bonchev–Trinajstić information content (AvgIpc) is 3.04. The molecule has 3 aromatic rings. The number of rotatable bonds is 6. The SMILES string of the molecule is CCCc1ccccc1S(=O)(=O)NC(=O)c1cn(C)c(-c2ccccc2Cl)n1. The van der Waals surface area contributed by atoms with Gasteiger partial charge in [-0.05, 0) is 30.2 Å². The first-order valence-corrected chi connectivity index (χ1v) is 10.6. The molecule has 0 atom stereocenters. The Kier molecular flexibility index (Phi) is 5.86. The lowest BCUT2D eigenvalue weighted by atomic mass is 10.1. The predicted octanol–water partition coefficient (Wildman–Crippen LogP) is 3.81. The molecule has 0 aliphatic heterocycles. The van der Waals surface area contributed by atoms with Crippen molar-refractivity contribution in [3.63, 3.8) is 0 Å². The van der Waals surface area contributed by atoms with Crippen LogP contribution in [0.5, 0.6) is 0 Å². The molecule has 0 radical (unpaired) electrons. The Bertz CT molecular complexity index is 1120. The third kappa shape index (κ3) is 4.10. The van der Waals surface area contributed by atoms with E-state index >= 15 is 0 Å². The number of carbonyl (C=O) groups is 1.